The zero-order valence-corrected chi connectivity index (χ0v) is 16.1. The number of aromatic nitrogens is 2. The maximum absolute atomic E-state index is 12.2. The Kier molecular flexibility index (Phi) is 6.11. The highest BCUT2D eigenvalue weighted by Gasteiger charge is 2.18. The third kappa shape index (κ3) is 5.04. The molecule has 2 aromatic rings. The van der Waals surface area contributed by atoms with Crippen molar-refractivity contribution in [2.24, 2.45) is 0 Å². The van der Waals surface area contributed by atoms with E-state index in [1.54, 1.807) is 0 Å². The van der Waals surface area contributed by atoms with Crippen molar-refractivity contribution in [2.45, 2.75) is 57.2 Å². The molecule has 150 valence electrons. The van der Waals surface area contributed by atoms with Gasteiger partial charge in [-0.25, -0.2) is 4.79 Å². The molecular formula is C21H28N4O3. The summed E-state index contributed by atoms with van der Waals surface area (Å²) in [6, 6.07) is 9.64. The van der Waals surface area contributed by atoms with Gasteiger partial charge in [0.15, 0.2) is 0 Å². The Morgan fingerprint density at radius 1 is 1.21 bits per heavy atom. The van der Waals surface area contributed by atoms with Crippen molar-refractivity contribution in [2.75, 3.05) is 18.5 Å². The molecule has 1 saturated carbocycles. The lowest BCUT2D eigenvalue weighted by atomic mass is 10.2. The molecular weight excluding hydrogens is 356 g/mol. The van der Waals surface area contributed by atoms with E-state index in [0.717, 1.165) is 30.9 Å². The van der Waals surface area contributed by atoms with Crippen molar-refractivity contribution >= 4 is 11.7 Å². The largest absolute Gasteiger partial charge is 0.491 e. The zero-order valence-electron chi connectivity index (χ0n) is 16.1. The van der Waals surface area contributed by atoms with E-state index in [1.807, 2.05) is 41.2 Å². The zero-order chi connectivity index (χ0) is 19.2. The molecule has 7 heteroatoms. The van der Waals surface area contributed by atoms with Crippen LogP contribution in [0.5, 0.6) is 5.75 Å². The third-order valence-electron chi connectivity index (χ3n) is 5.34. The fraction of sp³-hybridized carbons (Fsp3) is 0.524. The molecule has 0 bridgehead atoms. The smallest absolute Gasteiger partial charge is 0.319 e. The molecule has 7 nitrogen and oxygen atoms in total. The molecule has 1 aliphatic heterocycles. The predicted molar refractivity (Wildman–Crippen MR) is 107 cm³/mol. The highest BCUT2D eigenvalue weighted by atomic mass is 16.5. The van der Waals surface area contributed by atoms with E-state index in [0.29, 0.717) is 24.9 Å². The quantitative estimate of drug-likeness (QED) is 0.759. The molecule has 1 saturated heterocycles. The van der Waals surface area contributed by atoms with Crippen LogP contribution in [0.4, 0.5) is 10.5 Å². The highest BCUT2D eigenvalue weighted by Crippen LogP contribution is 2.28. The van der Waals surface area contributed by atoms with Gasteiger partial charge in [-0.15, -0.1) is 0 Å². The molecule has 0 radical (unpaired) electrons. The van der Waals surface area contributed by atoms with E-state index in [9.17, 15) is 4.79 Å². The van der Waals surface area contributed by atoms with Crippen LogP contribution < -0.4 is 15.4 Å². The number of nitrogens with zero attached hydrogens (tertiary/aromatic N) is 2. The van der Waals surface area contributed by atoms with Gasteiger partial charge in [-0.3, -0.25) is 4.68 Å². The molecule has 1 atom stereocenters. The number of carbonyl (C=O) groups excluding carboxylic acids is 1. The van der Waals surface area contributed by atoms with Crippen LogP contribution in [-0.4, -0.2) is 35.1 Å². The predicted octanol–water partition coefficient (Wildman–Crippen LogP) is 3.88. The van der Waals surface area contributed by atoms with Gasteiger partial charge in [0.1, 0.15) is 12.4 Å². The molecule has 1 aliphatic carbocycles. The number of ether oxygens (including phenoxy) is 2. The summed E-state index contributed by atoms with van der Waals surface area (Å²) in [6.07, 6.45) is 9.25. The minimum Gasteiger partial charge on any atom is -0.491 e. The van der Waals surface area contributed by atoms with Gasteiger partial charge < -0.3 is 20.1 Å². The molecule has 2 aliphatic rings. The van der Waals surface area contributed by atoms with Crippen molar-refractivity contribution < 1.29 is 14.3 Å². The normalized spacial score (nSPS) is 19.6. The Balaban J connectivity index is 1.23. The Morgan fingerprint density at radius 2 is 2.11 bits per heavy atom. The third-order valence-corrected chi connectivity index (χ3v) is 5.34. The first kappa shape index (κ1) is 18.8. The van der Waals surface area contributed by atoms with E-state index in [1.165, 1.54) is 25.7 Å². The molecule has 2 fully saturated rings. The lowest BCUT2D eigenvalue weighted by Crippen LogP contribution is -2.28. The fourth-order valence-electron chi connectivity index (χ4n) is 3.82. The van der Waals surface area contributed by atoms with E-state index >= 15 is 0 Å². The van der Waals surface area contributed by atoms with Gasteiger partial charge >= 0.3 is 6.03 Å². The molecule has 1 aromatic heterocycles. The van der Waals surface area contributed by atoms with Crippen LogP contribution in [0.2, 0.25) is 0 Å². The number of rotatable bonds is 7. The van der Waals surface area contributed by atoms with Crippen LogP contribution >= 0.6 is 0 Å². The van der Waals surface area contributed by atoms with Gasteiger partial charge in [0.2, 0.25) is 0 Å². The first-order chi connectivity index (χ1) is 13.8. The molecule has 28 heavy (non-hydrogen) atoms. The monoisotopic (exact) mass is 384 g/mol. The Hall–Kier alpha value is -2.54. The number of urea groups is 1. The van der Waals surface area contributed by atoms with Gasteiger partial charge in [0, 0.05) is 24.6 Å². The minimum absolute atomic E-state index is 0.170. The fourth-order valence-corrected chi connectivity index (χ4v) is 3.82. The molecule has 2 heterocycles. The number of carbonyl (C=O) groups is 1. The van der Waals surface area contributed by atoms with Crippen molar-refractivity contribution in [3.63, 3.8) is 0 Å². The van der Waals surface area contributed by atoms with E-state index in [-0.39, 0.29) is 12.1 Å². The highest BCUT2D eigenvalue weighted by molar-refractivity contribution is 5.89. The minimum atomic E-state index is -0.258. The molecule has 2 amide bonds. The number of nitrogens with one attached hydrogen (secondary N) is 2. The number of hydrogen-bond donors (Lipinski definition) is 2. The summed E-state index contributed by atoms with van der Waals surface area (Å²) in [6.45, 7) is 1.76. The summed E-state index contributed by atoms with van der Waals surface area (Å²) in [7, 11) is 0. The van der Waals surface area contributed by atoms with E-state index < -0.39 is 0 Å². The second-order valence-electron chi connectivity index (χ2n) is 7.51. The summed E-state index contributed by atoms with van der Waals surface area (Å²) in [4.78, 5) is 12.2. The van der Waals surface area contributed by atoms with Gasteiger partial charge in [-0.05, 0) is 43.9 Å². The van der Waals surface area contributed by atoms with Crippen LogP contribution in [-0.2, 0) is 11.3 Å². The Labute approximate surface area is 165 Å². The number of anilines is 1. The summed E-state index contributed by atoms with van der Waals surface area (Å²) >= 11 is 0. The topological polar surface area (TPSA) is 77.4 Å². The molecule has 2 N–H and O–H groups in total. The van der Waals surface area contributed by atoms with Crippen LogP contribution in [0.1, 0.15) is 50.3 Å². The second-order valence-corrected chi connectivity index (χ2v) is 7.51. The number of amides is 2. The van der Waals surface area contributed by atoms with Gasteiger partial charge in [0.05, 0.1) is 24.4 Å². The lowest BCUT2D eigenvalue weighted by molar-refractivity contribution is 0.0680. The summed E-state index contributed by atoms with van der Waals surface area (Å²) < 4.78 is 13.4. The average Bonchev–Trinajstić information content (AvgIpc) is 3.47. The van der Waals surface area contributed by atoms with Crippen molar-refractivity contribution in [3.8, 4) is 5.75 Å². The maximum Gasteiger partial charge on any atom is 0.319 e. The van der Waals surface area contributed by atoms with Crippen LogP contribution in [0.15, 0.2) is 36.5 Å². The summed E-state index contributed by atoms with van der Waals surface area (Å²) in [5.74, 6) is 0.726. The van der Waals surface area contributed by atoms with E-state index in [4.69, 9.17) is 9.47 Å². The number of benzene rings is 1. The summed E-state index contributed by atoms with van der Waals surface area (Å²) in [5.41, 5.74) is 1.56. The Bertz CT molecular complexity index is 779. The maximum atomic E-state index is 12.2. The van der Waals surface area contributed by atoms with Crippen LogP contribution in [0.3, 0.4) is 0 Å². The second kappa shape index (κ2) is 9.10. The molecule has 0 spiro atoms. The average molecular weight is 384 g/mol. The first-order valence-electron chi connectivity index (χ1n) is 10.2. The first-order valence-corrected chi connectivity index (χ1v) is 10.2. The SMILES string of the molecule is O=C(NCc1ccn(C2CCCC2)n1)Nc1cccc(OCC2CCCO2)c1. The Morgan fingerprint density at radius 3 is 2.93 bits per heavy atom. The van der Waals surface area contributed by atoms with Crippen molar-refractivity contribution in [3.05, 3.63) is 42.2 Å². The molecule has 4 rings (SSSR count). The van der Waals surface area contributed by atoms with Crippen LogP contribution in [0, 0.1) is 0 Å². The van der Waals surface area contributed by atoms with Gasteiger partial charge in [-0.1, -0.05) is 18.9 Å². The summed E-state index contributed by atoms with van der Waals surface area (Å²) in [5, 5.41) is 10.3. The van der Waals surface area contributed by atoms with Gasteiger partial charge in [-0.2, -0.15) is 5.10 Å². The number of hydrogen-bond acceptors (Lipinski definition) is 4. The van der Waals surface area contributed by atoms with Crippen molar-refractivity contribution in [1.82, 2.24) is 15.1 Å². The van der Waals surface area contributed by atoms with E-state index in [2.05, 4.69) is 15.7 Å². The molecule has 1 aromatic carbocycles. The lowest BCUT2D eigenvalue weighted by Gasteiger charge is -2.13. The standard InChI is InChI=1S/C21H28N4O3/c26-21(22-14-17-10-11-25(24-17)18-6-1-2-7-18)23-16-5-3-8-19(13-16)28-15-20-9-4-12-27-20/h3,5,8,10-11,13,18,20H,1-2,4,6-7,9,12,14-15H2,(H2,22,23,26). The molecule has 1 unspecified atom stereocenters. The van der Waals surface area contributed by atoms with Crippen molar-refractivity contribution in [1.29, 1.82) is 0 Å². The van der Waals surface area contributed by atoms with Gasteiger partial charge in [0.25, 0.3) is 0 Å². The van der Waals surface area contributed by atoms with Crippen LogP contribution in [0.25, 0.3) is 0 Å².